The molecule has 0 unspecified atom stereocenters. The topological polar surface area (TPSA) is 46.5 Å². The van der Waals surface area contributed by atoms with E-state index in [0.717, 1.165) is 10.4 Å². The number of sulfonamides is 1. The molecule has 0 spiro atoms. The summed E-state index contributed by atoms with van der Waals surface area (Å²) in [6, 6.07) is 10.4. The minimum absolute atomic E-state index is 0.226. The molecule has 0 aliphatic rings. The summed E-state index contributed by atoms with van der Waals surface area (Å²) in [5, 5.41) is 1.90. The Morgan fingerprint density at radius 3 is 2.39 bits per heavy atom. The predicted octanol–water partition coefficient (Wildman–Crippen LogP) is 3.25. The normalized spacial score (nSPS) is 12.7. The summed E-state index contributed by atoms with van der Waals surface area (Å²) in [7, 11) is -3.61. The molecule has 1 heterocycles. The van der Waals surface area contributed by atoms with E-state index in [4.69, 9.17) is 0 Å². The van der Waals surface area contributed by atoms with E-state index in [0.29, 0.717) is 5.71 Å². The summed E-state index contributed by atoms with van der Waals surface area (Å²) in [4.78, 5) is 1.09. The Morgan fingerprint density at radius 2 is 1.83 bits per heavy atom. The quantitative estimate of drug-likeness (QED) is 0.810. The third kappa shape index (κ3) is 2.86. The van der Waals surface area contributed by atoms with Crippen LogP contribution in [-0.4, -0.2) is 14.1 Å². The van der Waals surface area contributed by atoms with Crippen molar-refractivity contribution in [1.29, 1.82) is 0 Å². The average Bonchev–Trinajstić information content (AvgIpc) is 2.82. The highest BCUT2D eigenvalue weighted by Crippen LogP contribution is 2.16. The highest BCUT2D eigenvalue weighted by molar-refractivity contribution is 7.90. The second kappa shape index (κ2) is 5.04. The molecule has 0 N–H and O–H groups in total. The Labute approximate surface area is 111 Å². The Hall–Kier alpha value is -1.46. The molecule has 3 nitrogen and oxygen atoms in total. The average molecular weight is 279 g/mol. The molecule has 18 heavy (non-hydrogen) atoms. The first kappa shape index (κ1) is 13.0. The van der Waals surface area contributed by atoms with Gasteiger partial charge in [0, 0.05) is 4.88 Å². The Morgan fingerprint density at radius 1 is 1.17 bits per heavy atom. The van der Waals surface area contributed by atoms with E-state index >= 15 is 0 Å². The lowest BCUT2D eigenvalue weighted by Gasteiger charge is -2.01. The van der Waals surface area contributed by atoms with Crippen LogP contribution in [0.2, 0.25) is 0 Å². The van der Waals surface area contributed by atoms with Crippen LogP contribution >= 0.6 is 11.3 Å². The fraction of sp³-hybridized carbons (Fsp3) is 0.154. The van der Waals surface area contributed by atoms with Crippen molar-refractivity contribution in [3.8, 4) is 0 Å². The van der Waals surface area contributed by atoms with Crippen molar-refractivity contribution in [1.82, 2.24) is 0 Å². The van der Waals surface area contributed by atoms with Gasteiger partial charge in [-0.15, -0.1) is 11.3 Å². The van der Waals surface area contributed by atoms with Crippen LogP contribution in [0, 0.1) is 6.92 Å². The van der Waals surface area contributed by atoms with Gasteiger partial charge in [-0.05, 0) is 37.4 Å². The van der Waals surface area contributed by atoms with Crippen LogP contribution < -0.4 is 0 Å². The van der Waals surface area contributed by atoms with Gasteiger partial charge in [0.15, 0.2) is 0 Å². The first-order valence-corrected chi connectivity index (χ1v) is 7.73. The minimum atomic E-state index is -3.61. The molecule has 1 aromatic heterocycles. The molecule has 0 fully saturated rings. The number of nitrogens with zero attached hydrogens (tertiary/aromatic N) is 1. The lowest BCUT2D eigenvalue weighted by molar-refractivity contribution is 0.598. The first-order chi connectivity index (χ1) is 8.49. The molecule has 0 saturated heterocycles. The molecule has 1 aromatic carbocycles. The summed E-state index contributed by atoms with van der Waals surface area (Å²) >= 11 is 1.47. The van der Waals surface area contributed by atoms with Crippen molar-refractivity contribution in [2.45, 2.75) is 18.7 Å². The molecule has 5 heteroatoms. The molecule has 0 saturated carbocycles. The highest BCUT2D eigenvalue weighted by Gasteiger charge is 2.13. The van der Waals surface area contributed by atoms with E-state index in [1.807, 2.05) is 24.4 Å². The van der Waals surface area contributed by atoms with Gasteiger partial charge in [0.25, 0.3) is 10.0 Å². The Bertz CT molecular complexity index is 654. The van der Waals surface area contributed by atoms with E-state index < -0.39 is 10.0 Å². The molecule has 0 bridgehead atoms. The van der Waals surface area contributed by atoms with Crippen LogP contribution in [0.3, 0.4) is 0 Å². The fourth-order valence-electron chi connectivity index (χ4n) is 1.47. The largest absolute Gasteiger partial charge is 0.282 e. The fourth-order valence-corrected chi connectivity index (χ4v) is 3.25. The van der Waals surface area contributed by atoms with Crippen LogP contribution in [0.1, 0.15) is 17.4 Å². The highest BCUT2D eigenvalue weighted by atomic mass is 32.2. The van der Waals surface area contributed by atoms with E-state index in [9.17, 15) is 8.42 Å². The number of thiophene rings is 1. The molecule has 0 amide bonds. The maximum atomic E-state index is 12.1. The van der Waals surface area contributed by atoms with E-state index in [-0.39, 0.29) is 4.90 Å². The number of hydrogen-bond acceptors (Lipinski definition) is 3. The molecule has 0 aliphatic heterocycles. The molecule has 0 radical (unpaired) electrons. The zero-order valence-corrected chi connectivity index (χ0v) is 11.8. The van der Waals surface area contributed by atoms with Gasteiger partial charge in [0.2, 0.25) is 0 Å². The van der Waals surface area contributed by atoms with Crippen LogP contribution in [0.15, 0.2) is 51.1 Å². The van der Waals surface area contributed by atoms with Crippen molar-refractivity contribution in [2.75, 3.05) is 0 Å². The zero-order valence-electron chi connectivity index (χ0n) is 10.1. The smallest absolute Gasteiger partial charge is 0.199 e. The third-order valence-electron chi connectivity index (χ3n) is 2.45. The maximum Gasteiger partial charge on any atom is 0.282 e. The molecular formula is C13H13NO2S2. The molecular weight excluding hydrogens is 266 g/mol. The van der Waals surface area contributed by atoms with Gasteiger partial charge < -0.3 is 0 Å². The van der Waals surface area contributed by atoms with E-state index in [1.165, 1.54) is 11.3 Å². The minimum Gasteiger partial charge on any atom is -0.199 e. The second-order valence-electron chi connectivity index (χ2n) is 3.94. The SMILES string of the molecule is C/C(=N\S(=O)(=O)c1ccc(C)cc1)c1cccs1. The number of hydrogen-bond donors (Lipinski definition) is 0. The monoisotopic (exact) mass is 279 g/mol. The Kier molecular flexibility index (Phi) is 3.63. The summed E-state index contributed by atoms with van der Waals surface area (Å²) in [6.07, 6.45) is 0. The summed E-state index contributed by atoms with van der Waals surface area (Å²) < 4.78 is 28.0. The van der Waals surface area contributed by atoms with Crippen molar-refractivity contribution in [3.63, 3.8) is 0 Å². The number of benzene rings is 1. The number of rotatable bonds is 3. The summed E-state index contributed by atoms with van der Waals surface area (Å²) in [5.74, 6) is 0. The second-order valence-corrected chi connectivity index (χ2v) is 6.49. The van der Waals surface area contributed by atoms with Gasteiger partial charge in [0.1, 0.15) is 0 Å². The number of aryl methyl sites for hydroxylation is 1. The van der Waals surface area contributed by atoms with Gasteiger partial charge in [0.05, 0.1) is 10.6 Å². The van der Waals surface area contributed by atoms with Gasteiger partial charge >= 0.3 is 0 Å². The van der Waals surface area contributed by atoms with Crippen LogP contribution in [0.25, 0.3) is 0 Å². The van der Waals surface area contributed by atoms with Gasteiger partial charge in [-0.2, -0.15) is 12.8 Å². The molecule has 2 rings (SSSR count). The lowest BCUT2D eigenvalue weighted by atomic mass is 10.2. The Balaban J connectivity index is 2.38. The maximum absolute atomic E-state index is 12.1. The first-order valence-electron chi connectivity index (χ1n) is 5.41. The molecule has 0 atom stereocenters. The van der Waals surface area contributed by atoms with Crippen molar-refractivity contribution >= 4 is 27.1 Å². The van der Waals surface area contributed by atoms with Gasteiger partial charge in [-0.3, -0.25) is 0 Å². The molecule has 94 valence electrons. The van der Waals surface area contributed by atoms with Gasteiger partial charge in [-0.25, -0.2) is 0 Å². The van der Waals surface area contributed by atoms with E-state index in [1.54, 1.807) is 31.2 Å². The lowest BCUT2D eigenvalue weighted by Crippen LogP contribution is -2.02. The zero-order chi connectivity index (χ0) is 13.2. The molecule has 0 aliphatic carbocycles. The van der Waals surface area contributed by atoms with Crippen LogP contribution in [0.4, 0.5) is 0 Å². The summed E-state index contributed by atoms with van der Waals surface area (Å²) in [6.45, 7) is 3.62. The molecule has 2 aromatic rings. The van der Waals surface area contributed by atoms with Crippen LogP contribution in [-0.2, 0) is 10.0 Å². The van der Waals surface area contributed by atoms with Crippen molar-refractivity contribution in [3.05, 3.63) is 52.2 Å². The van der Waals surface area contributed by atoms with Crippen LogP contribution in [0.5, 0.6) is 0 Å². The third-order valence-corrected chi connectivity index (χ3v) is 4.81. The standard InChI is InChI=1S/C13H13NO2S2/c1-10-5-7-12(8-6-10)18(15,16)14-11(2)13-4-3-9-17-13/h3-9H,1-2H3/b14-11+. The van der Waals surface area contributed by atoms with Crippen molar-refractivity contribution in [2.24, 2.45) is 4.40 Å². The summed E-state index contributed by atoms with van der Waals surface area (Å²) in [5.41, 5.74) is 1.54. The van der Waals surface area contributed by atoms with E-state index in [2.05, 4.69) is 4.40 Å². The van der Waals surface area contributed by atoms with Crippen molar-refractivity contribution < 1.29 is 8.42 Å². The van der Waals surface area contributed by atoms with Gasteiger partial charge in [-0.1, -0.05) is 23.8 Å². The predicted molar refractivity (Wildman–Crippen MR) is 74.9 cm³/mol.